The lowest BCUT2D eigenvalue weighted by molar-refractivity contribution is 0.125. The summed E-state index contributed by atoms with van der Waals surface area (Å²) < 4.78 is 16.4. The van der Waals surface area contributed by atoms with E-state index in [1.807, 2.05) is 12.1 Å². The van der Waals surface area contributed by atoms with Crippen molar-refractivity contribution in [1.82, 2.24) is 4.90 Å². The third kappa shape index (κ3) is 4.20. The minimum absolute atomic E-state index is 0.341. The number of hydrogen-bond donors (Lipinski definition) is 0. The number of fused-ring (bicyclic) bond motifs is 1. The van der Waals surface area contributed by atoms with E-state index in [4.69, 9.17) is 14.2 Å². The predicted octanol–water partition coefficient (Wildman–Crippen LogP) is 5.31. The van der Waals surface area contributed by atoms with Crippen molar-refractivity contribution in [1.29, 1.82) is 0 Å². The molecule has 0 amide bonds. The zero-order chi connectivity index (χ0) is 20.3. The fraction of sp³-hybridized carbons (Fsp3) is 0.462. The molecular weight excluding hydrogens is 374 g/mol. The van der Waals surface area contributed by atoms with E-state index in [1.165, 1.54) is 55.5 Å². The van der Waals surface area contributed by atoms with Crippen LogP contribution in [-0.4, -0.2) is 37.9 Å². The number of methoxy groups -OCH3 is 1. The Kier molecular flexibility index (Phi) is 5.67. The highest BCUT2D eigenvalue weighted by Crippen LogP contribution is 2.37. The van der Waals surface area contributed by atoms with Gasteiger partial charge < -0.3 is 19.1 Å². The number of benzene rings is 2. The minimum atomic E-state index is 0.341. The second-order valence-electron chi connectivity index (χ2n) is 8.76. The van der Waals surface area contributed by atoms with Crippen LogP contribution in [0.25, 0.3) is 5.57 Å². The molecule has 4 heteroatoms. The smallest absolute Gasteiger partial charge is 0.231 e. The van der Waals surface area contributed by atoms with Gasteiger partial charge >= 0.3 is 0 Å². The number of rotatable bonds is 5. The van der Waals surface area contributed by atoms with Crippen LogP contribution in [0.1, 0.15) is 43.2 Å². The topological polar surface area (TPSA) is 30.9 Å². The lowest BCUT2D eigenvalue weighted by Crippen LogP contribution is -2.42. The van der Waals surface area contributed by atoms with Crippen LogP contribution in [0.2, 0.25) is 0 Å². The maximum atomic E-state index is 5.55. The van der Waals surface area contributed by atoms with Gasteiger partial charge in [-0.25, -0.2) is 0 Å². The largest absolute Gasteiger partial charge is 0.497 e. The third-order valence-corrected chi connectivity index (χ3v) is 6.95. The van der Waals surface area contributed by atoms with Crippen LogP contribution in [0.15, 0.2) is 48.5 Å². The molecule has 0 bridgehead atoms. The van der Waals surface area contributed by atoms with Crippen LogP contribution in [0.4, 0.5) is 0 Å². The van der Waals surface area contributed by atoms with Gasteiger partial charge in [0.1, 0.15) is 5.75 Å². The van der Waals surface area contributed by atoms with Crippen molar-refractivity contribution in [2.75, 3.05) is 27.0 Å². The van der Waals surface area contributed by atoms with Crippen molar-refractivity contribution in [3.05, 3.63) is 59.7 Å². The number of likely N-dealkylation sites (tertiary alicyclic amines) is 1. The van der Waals surface area contributed by atoms with E-state index in [1.54, 1.807) is 7.11 Å². The number of ether oxygens (including phenoxy) is 3. The SMILES string of the molecule is COc1cccc(CC2CCN(C3CC=C(c4ccc5c(c4)OCO5)CC3)CC2)c1. The molecule has 0 spiro atoms. The third-order valence-electron chi connectivity index (χ3n) is 6.95. The lowest BCUT2D eigenvalue weighted by atomic mass is 9.86. The van der Waals surface area contributed by atoms with Gasteiger partial charge in [-0.1, -0.05) is 24.3 Å². The lowest BCUT2D eigenvalue weighted by Gasteiger charge is -2.39. The summed E-state index contributed by atoms with van der Waals surface area (Å²) in [5.41, 5.74) is 4.15. The van der Waals surface area contributed by atoms with Gasteiger partial charge in [0.15, 0.2) is 11.5 Å². The number of hydrogen-bond acceptors (Lipinski definition) is 4. The maximum Gasteiger partial charge on any atom is 0.231 e. The first-order chi connectivity index (χ1) is 14.8. The minimum Gasteiger partial charge on any atom is -0.497 e. The van der Waals surface area contributed by atoms with Gasteiger partial charge in [-0.2, -0.15) is 0 Å². The molecule has 0 aromatic heterocycles. The van der Waals surface area contributed by atoms with Gasteiger partial charge in [0.2, 0.25) is 6.79 Å². The number of nitrogens with zero attached hydrogens (tertiary/aromatic N) is 1. The van der Waals surface area contributed by atoms with Gasteiger partial charge in [0.25, 0.3) is 0 Å². The highest BCUT2D eigenvalue weighted by atomic mass is 16.7. The molecule has 0 saturated carbocycles. The number of piperidine rings is 1. The molecule has 0 radical (unpaired) electrons. The fourth-order valence-electron chi connectivity index (χ4n) is 5.17. The average molecular weight is 406 g/mol. The first-order valence-electron chi connectivity index (χ1n) is 11.2. The second kappa shape index (κ2) is 8.73. The highest BCUT2D eigenvalue weighted by Gasteiger charge is 2.27. The molecule has 1 atom stereocenters. The van der Waals surface area contributed by atoms with Crippen molar-refractivity contribution in [3.63, 3.8) is 0 Å². The van der Waals surface area contributed by atoms with Crippen molar-refractivity contribution < 1.29 is 14.2 Å². The maximum absolute atomic E-state index is 5.55. The molecule has 1 unspecified atom stereocenters. The molecule has 1 fully saturated rings. The summed E-state index contributed by atoms with van der Waals surface area (Å²) in [6.07, 6.45) is 9.77. The van der Waals surface area contributed by atoms with Crippen LogP contribution in [0.3, 0.4) is 0 Å². The molecule has 1 aliphatic carbocycles. The summed E-state index contributed by atoms with van der Waals surface area (Å²) in [6.45, 7) is 2.80. The van der Waals surface area contributed by atoms with Gasteiger partial charge in [0, 0.05) is 6.04 Å². The molecule has 5 rings (SSSR count). The van der Waals surface area contributed by atoms with Gasteiger partial charge in [-0.3, -0.25) is 0 Å². The summed E-state index contributed by atoms with van der Waals surface area (Å²) in [5.74, 6) is 3.51. The van der Waals surface area contributed by atoms with Crippen LogP contribution in [0.5, 0.6) is 17.2 Å². The Morgan fingerprint density at radius 1 is 1.00 bits per heavy atom. The van der Waals surface area contributed by atoms with Crippen LogP contribution in [0, 0.1) is 5.92 Å². The summed E-state index contributed by atoms with van der Waals surface area (Å²) in [5, 5.41) is 0. The zero-order valence-electron chi connectivity index (χ0n) is 17.8. The molecule has 158 valence electrons. The molecule has 3 aliphatic rings. The van der Waals surface area contributed by atoms with Crippen LogP contribution >= 0.6 is 0 Å². The van der Waals surface area contributed by atoms with Crippen LogP contribution < -0.4 is 14.2 Å². The molecule has 4 nitrogen and oxygen atoms in total. The van der Waals surface area contributed by atoms with Gasteiger partial charge in [-0.05, 0) is 98.5 Å². The summed E-state index contributed by atoms with van der Waals surface area (Å²) in [6, 6.07) is 15.6. The summed E-state index contributed by atoms with van der Waals surface area (Å²) in [7, 11) is 1.74. The van der Waals surface area contributed by atoms with Crippen molar-refractivity contribution in [3.8, 4) is 17.2 Å². The van der Waals surface area contributed by atoms with E-state index in [0.29, 0.717) is 12.8 Å². The first-order valence-corrected chi connectivity index (χ1v) is 11.2. The quantitative estimate of drug-likeness (QED) is 0.674. The summed E-state index contributed by atoms with van der Waals surface area (Å²) >= 11 is 0. The molecule has 2 heterocycles. The van der Waals surface area contributed by atoms with Gasteiger partial charge in [-0.15, -0.1) is 0 Å². The Morgan fingerprint density at radius 2 is 1.87 bits per heavy atom. The Bertz CT molecular complexity index is 914. The predicted molar refractivity (Wildman–Crippen MR) is 119 cm³/mol. The zero-order valence-corrected chi connectivity index (χ0v) is 17.8. The molecular formula is C26H31NO3. The molecule has 30 heavy (non-hydrogen) atoms. The van der Waals surface area contributed by atoms with Crippen molar-refractivity contribution >= 4 is 5.57 Å². The number of allylic oxidation sites excluding steroid dienone is 1. The van der Waals surface area contributed by atoms with E-state index in [2.05, 4.69) is 41.3 Å². The normalized spacial score (nSPS) is 22.0. The molecule has 0 N–H and O–H groups in total. The Morgan fingerprint density at radius 3 is 2.67 bits per heavy atom. The Labute approximate surface area is 179 Å². The van der Waals surface area contributed by atoms with Crippen molar-refractivity contribution in [2.24, 2.45) is 5.92 Å². The van der Waals surface area contributed by atoms with Gasteiger partial charge in [0.05, 0.1) is 7.11 Å². The summed E-state index contributed by atoms with van der Waals surface area (Å²) in [4.78, 5) is 2.73. The van der Waals surface area contributed by atoms with E-state index in [-0.39, 0.29) is 0 Å². The Hall–Kier alpha value is -2.46. The highest BCUT2D eigenvalue weighted by molar-refractivity contribution is 5.69. The average Bonchev–Trinajstić information content (AvgIpc) is 3.28. The second-order valence-corrected chi connectivity index (χ2v) is 8.76. The molecule has 2 aromatic rings. The van der Waals surface area contributed by atoms with E-state index < -0.39 is 0 Å². The van der Waals surface area contributed by atoms with E-state index in [9.17, 15) is 0 Å². The monoisotopic (exact) mass is 405 g/mol. The molecule has 1 saturated heterocycles. The van der Waals surface area contributed by atoms with E-state index in [0.717, 1.165) is 36.0 Å². The van der Waals surface area contributed by atoms with Crippen LogP contribution in [-0.2, 0) is 6.42 Å². The Balaban J connectivity index is 1.14. The van der Waals surface area contributed by atoms with Crippen molar-refractivity contribution in [2.45, 2.75) is 44.6 Å². The first kappa shape index (κ1) is 19.5. The standard InChI is InChI=1S/C26H31NO3/c1-28-24-4-2-3-20(16-24)15-19-11-13-27(14-12-19)23-8-5-21(6-9-23)22-7-10-25-26(17-22)30-18-29-25/h2-5,7,10,16-17,19,23H,6,8-9,11-15,18H2,1H3. The molecule has 2 aromatic carbocycles. The fourth-order valence-corrected chi connectivity index (χ4v) is 5.17. The molecule has 2 aliphatic heterocycles. The van der Waals surface area contributed by atoms with E-state index >= 15 is 0 Å².